The SMILES string of the molecule is Fc1cc(Cl)c(C(Cl)c2ccoc2Br)cc1F. The lowest BCUT2D eigenvalue weighted by Gasteiger charge is -2.11. The van der Waals surface area contributed by atoms with Gasteiger partial charge in [0.25, 0.3) is 0 Å². The fraction of sp³-hybridized carbons (Fsp3) is 0.0909. The van der Waals surface area contributed by atoms with Crippen molar-refractivity contribution >= 4 is 39.1 Å². The van der Waals surface area contributed by atoms with Gasteiger partial charge in [-0.1, -0.05) is 11.6 Å². The Morgan fingerprint density at radius 3 is 2.41 bits per heavy atom. The second kappa shape index (κ2) is 4.96. The maximum atomic E-state index is 13.1. The van der Waals surface area contributed by atoms with Crippen LogP contribution in [0.2, 0.25) is 5.02 Å². The van der Waals surface area contributed by atoms with Crippen molar-refractivity contribution in [2.45, 2.75) is 5.38 Å². The minimum absolute atomic E-state index is 0.0667. The zero-order chi connectivity index (χ0) is 12.6. The van der Waals surface area contributed by atoms with Crippen LogP contribution in [-0.2, 0) is 0 Å². The molecule has 17 heavy (non-hydrogen) atoms. The van der Waals surface area contributed by atoms with E-state index in [9.17, 15) is 8.78 Å². The Balaban J connectivity index is 2.48. The van der Waals surface area contributed by atoms with Gasteiger partial charge in [0.2, 0.25) is 0 Å². The zero-order valence-corrected chi connectivity index (χ0v) is 11.3. The normalized spacial score (nSPS) is 12.8. The Kier molecular flexibility index (Phi) is 3.76. The van der Waals surface area contributed by atoms with Gasteiger partial charge in [0, 0.05) is 10.6 Å². The lowest BCUT2D eigenvalue weighted by molar-refractivity contribution is 0.507. The second-order valence-corrected chi connectivity index (χ2v) is 4.86. The van der Waals surface area contributed by atoms with Crippen molar-refractivity contribution < 1.29 is 13.2 Å². The van der Waals surface area contributed by atoms with Crippen LogP contribution in [0.5, 0.6) is 0 Å². The number of hydrogen-bond donors (Lipinski definition) is 0. The van der Waals surface area contributed by atoms with Gasteiger partial charge >= 0.3 is 0 Å². The maximum Gasteiger partial charge on any atom is 0.173 e. The van der Waals surface area contributed by atoms with Gasteiger partial charge in [-0.05, 0) is 39.7 Å². The van der Waals surface area contributed by atoms with Gasteiger partial charge in [-0.25, -0.2) is 8.78 Å². The van der Waals surface area contributed by atoms with Gasteiger partial charge in [-0.2, -0.15) is 0 Å². The molecular weight excluding hydrogens is 337 g/mol. The zero-order valence-electron chi connectivity index (χ0n) is 8.18. The van der Waals surface area contributed by atoms with Gasteiger partial charge in [-0.3, -0.25) is 0 Å². The largest absolute Gasteiger partial charge is 0.457 e. The number of hydrogen-bond acceptors (Lipinski definition) is 1. The fourth-order valence-electron chi connectivity index (χ4n) is 1.38. The summed E-state index contributed by atoms with van der Waals surface area (Å²) < 4.78 is 31.5. The Hall–Kier alpha value is -0.580. The molecule has 0 bridgehead atoms. The van der Waals surface area contributed by atoms with Crippen molar-refractivity contribution in [1.82, 2.24) is 0 Å². The minimum atomic E-state index is -1.01. The highest BCUT2D eigenvalue weighted by Gasteiger charge is 2.20. The van der Waals surface area contributed by atoms with Crippen LogP contribution in [0, 0.1) is 11.6 Å². The van der Waals surface area contributed by atoms with Crippen molar-refractivity contribution in [3.63, 3.8) is 0 Å². The molecule has 6 heteroatoms. The summed E-state index contributed by atoms with van der Waals surface area (Å²) in [5, 5.41) is -0.650. The van der Waals surface area contributed by atoms with Crippen LogP contribution in [0.1, 0.15) is 16.5 Å². The van der Waals surface area contributed by atoms with E-state index in [4.69, 9.17) is 27.6 Å². The molecule has 0 fully saturated rings. The first-order chi connectivity index (χ1) is 8.00. The fourth-order valence-corrected chi connectivity index (χ4v) is 2.65. The maximum absolute atomic E-state index is 13.1. The Bertz CT molecular complexity index is 556. The molecule has 0 N–H and O–H groups in total. The first-order valence-electron chi connectivity index (χ1n) is 4.52. The molecule has 0 aliphatic rings. The lowest BCUT2D eigenvalue weighted by atomic mass is 10.1. The first kappa shape index (κ1) is 12.9. The molecule has 0 radical (unpaired) electrons. The molecule has 1 heterocycles. The van der Waals surface area contributed by atoms with Crippen LogP contribution in [0.3, 0.4) is 0 Å². The van der Waals surface area contributed by atoms with Gasteiger partial charge in [0.15, 0.2) is 16.3 Å². The van der Waals surface area contributed by atoms with E-state index in [0.29, 0.717) is 10.2 Å². The Morgan fingerprint density at radius 1 is 1.18 bits per heavy atom. The molecule has 0 aliphatic heterocycles. The summed E-state index contributed by atoms with van der Waals surface area (Å²) in [7, 11) is 0. The number of halogens is 5. The van der Waals surface area contributed by atoms with E-state index < -0.39 is 17.0 Å². The van der Waals surface area contributed by atoms with E-state index in [1.54, 1.807) is 6.07 Å². The number of alkyl halides is 1. The topological polar surface area (TPSA) is 13.1 Å². The van der Waals surface area contributed by atoms with Crippen molar-refractivity contribution in [1.29, 1.82) is 0 Å². The van der Waals surface area contributed by atoms with Crippen molar-refractivity contribution in [3.05, 3.63) is 56.9 Å². The van der Waals surface area contributed by atoms with Crippen molar-refractivity contribution in [2.75, 3.05) is 0 Å². The molecule has 0 saturated heterocycles. The summed E-state index contributed by atoms with van der Waals surface area (Å²) >= 11 is 15.1. The standard InChI is InChI=1S/C11H5BrCl2F2O/c12-11-5(1-2-17-11)10(14)6-3-8(15)9(16)4-7(6)13/h1-4,10H. The molecule has 1 atom stereocenters. The van der Waals surface area contributed by atoms with Gasteiger partial charge in [-0.15, -0.1) is 11.6 Å². The summed E-state index contributed by atoms with van der Waals surface area (Å²) in [6.45, 7) is 0. The van der Waals surface area contributed by atoms with Gasteiger partial charge in [0.05, 0.1) is 11.6 Å². The number of furan rings is 1. The van der Waals surface area contributed by atoms with E-state index >= 15 is 0 Å². The third-order valence-corrected chi connectivity index (χ3v) is 3.67. The average molecular weight is 342 g/mol. The monoisotopic (exact) mass is 340 g/mol. The van der Waals surface area contributed by atoms with E-state index in [1.807, 2.05) is 0 Å². The number of benzene rings is 1. The molecular formula is C11H5BrCl2F2O. The predicted molar refractivity (Wildman–Crippen MR) is 65.5 cm³/mol. The molecule has 1 unspecified atom stereocenters. The molecule has 0 aliphatic carbocycles. The Morgan fingerprint density at radius 2 is 1.82 bits per heavy atom. The average Bonchev–Trinajstić information content (AvgIpc) is 2.69. The first-order valence-corrected chi connectivity index (χ1v) is 6.13. The summed E-state index contributed by atoms with van der Waals surface area (Å²) in [6.07, 6.45) is 1.43. The van der Waals surface area contributed by atoms with Crippen LogP contribution < -0.4 is 0 Å². The van der Waals surface area contributed by atoms with Crippen LogP contribution >= 0.6 is 39.1 Å². The van der Waals surface area contributed by atoms with Gasteiger partial charge in [0.1, 0.15) is 0 Å². The molecule has 0 amide bonds. The summed E-state index contributed by atoms with van der Waals surface area (Å²) in [5.74, 6) is -2.00. The molecule has 1 nitrogen and oxygen atoms in total. The third-order valence-electron chi connectivity index (χ3n) is 2.23. The highest BCUT2D eigenvalue weighted by atomic mass is 79.9. The quantitative estimate of drug-likeness (QED) is 0.533. The smallest absolute Gasteiger partial charge is 0.173 e. The molecule has 2 rings (SSSR count). The van der Waals surface area contributed by atoms with Crippen LogP contribution in [0.15, 0.2) is 33.5 Å². The van der Waals surface area contributed by atoms with Crippen molar-refractivity contribution in [3.8, 4) is 0 Å². The van der Waals surface area contributed by atoms with E-state index in [1.165, 1.54) is 6.26 Å². The highest BCUT2D eigenvalue weighted by Crippen LogP contribution is 2.38. The van der Waals surface area contributed by atoms with Crippen LogP contribution in [-0.4, -0.2) is 0 Å². The molecule has 1 aromatic carbocycles. The lowest BCUT2D eigenvalue weighted by Crippen LogP contribution is -1.97. The van der Waals surface area contributed by atoms with Crippen LogP contribution in [0.4, 0.5) is 8.78 Å². The summed E-state index contributed by atoms with van der Waals surface area (Å²) in [6, 6.07) is 3.50. The molecule has 90 valence electrons. The second-order valence-electron chi connectivity index (χ2n) is 3.30. The third kappa shape index (κ3) is 2.49. The van der Waals surface area contributed by atoms with Crippen LogP contribution in [0.25, 0.3) is 0 Å². The molecule has 0 spiro atoms. The highest BCUT2D eigenvalue weighted by molar-refractivity contribution is 9.10. The molecule has 2 aromatic rings. The van der Waals surface area contributed by atoms with E-state index in [0.717, 1.165) is 12.1 Å². The minimum Gasteiger partial charge on any atom is -0.457 e. The summed E-state index contributed by atoms with van der Waals surface area (Å²) in [4.78, 5) is 0. The Labute approximate surface area is 114 Å². The van der Waals surface area contributed by atoms with Gasteiger partial charge < -0.3 is 4.42 Å². The van der Waals surface area contributed by atoms with E-state index in [2.05, 4.69) is 15.9 Å². The predicted octanol–water partition coefficient (Wildman–Crippen LogP) is 5.30. The summed E-state index contributed by atoms with van der Waals surface area (Å²) in [5.41, 5.74) is 0.883. The van der Waals surface area contributed by atoms with E-state index in [-0.39, 0.29) is 10.6 Å². The molecule has 0 saturated carbocycles. The van der Waals surface area contributed by atoms with Crippen molar-refractivity contribution in [2.24, 2.45) is 0 Å². The number of rotatable bonds is 2. The molecule has 1 aromatic heterocycles.